The minimum absolute atomic E-state index is 0.179. The van der Waals surface area contributed by atoms with E-state index in [1.165, 1.54) is 5.56 Å². The van der Waals surface area contributed by atoms with Gasteiger partial charge in [-0.05, 0) is 37.0 Å². The molecule has 8 heteroatoms. The smallest absolute Gasteiger partial charge is 0.463 e. The van der Waals surface area contributed by atoms with Crippen LogP contribution in [0.15, 0.2) is 24.3 Å². The van der Waals surface area contributed by atoms with E-state index in [9.17, 15) is 26.7 Å². The Labute approximate surface area is 156 Å². The highest BCUT2D eigenvalue weighted by Gasteiger charge is 2.63. The Bertz CT molecular complexity index is 558. The van der Waals surface area contributed by atoms with Gasteiger partial charge in [-0.25, -0.2) is 0 Å². The average molecular weight is 395 g/mol. The van der Waals surface area contributed by atoms with Crippen molar-refractivity contribution in [2.45, 2.75) is 63.5 Å². The van der Waals surface area contributed by atoms with Crippen molar-refractivity contribution in [2.24, 2.45) is 0 Å². The molecule has 1 amide bonds. The second kappa shape index (κ2) is 11.1. The minimum Gasteiger partial charge on any atom is -0.497 e. The molecule has 0 aromatic heterocycles. The molecule has 0 bridgehead atoms. The normalized spacial score (nSPS) is 12.1. The second-order valence-corrected chi connectivity index (χ2v) is 6.40. The molecule has 1 aromatic rings. The fourth-order valence-corrected chi connectivity index (χ4v) is 2.57. The SMILES string of the molecule is COc1ccc(CCCCCCCCCNC(=O)C(F)(F)C(F)(F)F)cc1. The molecule has 154 valence electrons. The minimum atomic E-state index is -5.86. The number of unbranched alkanes of at least 4 members (excludes halogenated alkanes) is 6. The third kappa shape index (κ3) is 8.13. The maximum atomic E-state index is 12.7. The van der Waals surface area contributed by atoms with Gasteiger partial charge in [0.1, 0.15) is 5.75 Å². The van der Waals surface area contributed by atoms with Gasteiger partial charge < -0.3 is 10.1 Å². The topological polar surface area (TPSA) is 38.3 Å². The van der Waals surface area contributed by atoms with E-state index in [1.807, 2.05) is 24.3 Å². The number of aryl methyl sites for hydroxylation is 1. The molecule has 0 unspecified atom stereocenters. The molecule has 0 aliphatic rings. The lowest BCUT2D eigenvalue weighted by Gasteiger charge is -2.18. The summed E-state index contributed by atoms with van der Waals surface area (Å²) in [6, 6.07) is 7.93. The number of nitrogens with one attached hydrogen (secondary N) is 1. The first-order chi connectivity index (χ1) is 12.7. The van der Waals surface area contributed by atoms with Gasteiger partial charge in [0, 0.05) is 6.54 Å². The molecule has 0 fully saturated rings. The van der Waals surface area contributed by atoms with Gasteiger partial charge in [-0.3, -0.25) is 4.79 Å². The number of ether oxygens (including phenoxy) is 1. The molecule has 0 aliphatic carbocycles. The lowest BCUT2D eigenvalue weighted by molar-refractivity contribution is -0.269. The standard InChI is InChI=1S/C19H26F5NO2/c1-27-16-12-10-15(11-13-16)9-7-5-3-2-4-6-8-14-25-17(26)18(20,21)19(22,23)24/h10-13H,2-9,14H2,1H3,(H,25,26). The predicted molar refractivity (Wildman–Crippen MR) is 93.0 cm³/mol. The van der Waals surface area contributed by atoms with Gasteiger partial charge in [-0.15, -0.1) is 0 Å². The van der Waals surface area contributed by atoms with Gasteiger partial charge in [-0.1, -0.05) is 44.2 Å². The van der Waals surface area contributed by atoms with Gasteiger partial charge in [-0.2, -0.15) is 22.0 Å². The van der Waals surface area contributed by atoms with Gasteiger partial charge in [0.15, 0.2) is 0 Å². The molecule has 27 heavy (non-hydrogen) atoms. The Morgan fingerprint density at radius 2 is 1.41 bits per heavy atom. The van der Waals surface area contributed by atoms with E-state index in [0.29, 0.717) is 12.8 Å². The van der Waals surface area contributed by atoms with E-state index in [0.717, 1.165) is 44.3 Å². The van der Waals surface area contributed by atoms with Crippen molar-refractivity contribution < 1.29 is 31.5 Å². The van der Waals surface area contributed by atoms with Crippen LogP contribution >= 0.6 is 0 Å². The Morgan fingerprint density at radius 1 is 0.889 bits per heavy atom. The largest absolute Gasteiger partial charge is 0.497 e. The van der Waals surface area contributed by atoms with Crippen molar-refractivity contribution in [3.63, 3.8) is 0 Å². The zero-order chi connectivity index (χ0) is 20.3. The highest BCUT2D eigenvalue weighted by Crippen LogP contribution is 2.35. The fraction of sp³-hybridized carbons (Fsp3) is 0.632. The van der Waals surface area contributed by atoms with Gasteiger partial charge in [0.05, 0.1) is 7.11 Å². The average Bonchev–Trinajstić information content (AvgIpc) is 2.62. The highest BCUT2D eigenvalue weighted by atomic mass is 19.4. The van der Waals surface area contributed by atoms with E-state index in [2.05, 4.69) is 0 Å². The number of amides is 1. The van der Waals surface area contributed by atoms with Crippen LogP contribution in [-0.4, -0.2) is 31.7 Å². The monoisotopic (exact) mass is 395 g/mol. The molecule has 0 aliphatic heterocycles. The Hall–Kier alpha value is -1.86. The van der Waals surface area contributed by atoms with Crippen LogP contribution in [0.4, 0.5) is 22.0 Å². The number of benzene rings is 1. The van der Waals surface area contributed by atoms with Gasteiger partial charge >= 0.3 is 12.1 Å². The number of hydrogen-bond acceptors (Lipinski definition) is 2. The third-order valence-corrected chi connectivity index (χ3v) is 4.23. The van der Waals surface area contributed by atoms with Crippen LogP contribution in [0.2, 0.25) is 0 Å². The number of halogens is 5. The number of methoxy groups -OCH3 is 1. The Morgan fingerprint density at radius 3 is 1.93 bits per heavy atom. The van der Waals surface area contributed by atoms with E-state index >= 15 is 0 Å². The van der Waals surface area contributed by atoms with Crippen LogP contribution < -0.4 is 10.1 Å². The molecular weight excluding hydrogens is 369 g/mol. The summed E-state index contributed by atoms with van der Waals surface area (Å²) >= 11 is 0. The summed E-state index contributed by atoms with van der Waals surface area (Å²) in [5.41, 5.74) is 1.25. The van der Waals surface area contributed by atoms with Gasteiger partial charge in [0.2, 0.25) is 0 Å². The molecule has 1 N–H and O–H groups in total. The van der Waals surface area contributed by atoms with E-state index < -0.39 is 18.0 Å². The molecule has 1 aromatic carbocycles. The quantitative estimate of drug-likeness (QED) is 0.386. The number of hydrogen-bond donors (Lipinski definition) is 1. The van der Waals surface area contributed by atoms with Crippen LogP contribution in [-0.2, 0) is 11.2 Å². The number of carbonyl (C=O) groups is 1. The number of rotatable bonds is 12. The van der Waals surface area contributed by atoms with Crippen LogP contribution in [0.25, 0.3) is 0 Å². The second-order valence-electron chi connectivity index (χ2n) is 6.40. The first kappa shape index (κ1) is 23.2. The summed E-state index contributed by atoms with van der Waals surface area (Å²) in [7, 11) is 1.63. The van der Waals surface area contributed by atoms with Crippen molar-refractivity contribution in [1.82, 2.24) is 5.32 Å². The first-order valence-corrected chi connectivity index (χ1v) is 9.04. The molecule has 0 spiro atoms. The summed E-state index contributed by atoms with van der Waals surface area (Å²) in [5, 5.41) is 1.65. The molecule has 0 atom stereocenters. The third-order valence-electron chi connectivity index (χ3n) is 4.23. The van der Waals surface area contributed by atoms with Crippen LogP contribution in [0.5, 0.6) is 5.75 Å². The van der Waals surface area contributed by atoms with Crippen LogP contribution in [0, 0.1) is 0 Å². The van der Waals surface area contributed by atoms with E-state index in [4.69, 9.17) is 4.74 Å². The molecule has 1 rings (SSSR count). The summed E-state index contributed by atoms with van der Waals surface area (Å²) in [5.74, 6) is -6.79. The summed E-state index contributed by atoms with van der Waals surface area (Å²) in [6.45, 7) is -0.179. The first-order valence-electron chi connectivity index (χ1n) is 9.04. The predicted octanol–water partition coefficient (Wildman–Crippen LogP) is 5.28. The van der Waals surface area contributed by atoms with Crippen molar-refractivity contribution in [3.8, 4) is 5.75 Å². The van der Waals surface area contributed by atoms with Crippen molar-refractivity contribution in [1.29, 1.82) is 0 Å². The van der Waals surface area contributed by atoms with Crippen molar-refractivity contribution in [2.75, 3.05) is 13.7 Å². The van der Waals surface area contributed by atoms with Gasteiger partial charge in [0.25, 0.3) is 5.91 Å². The van der Waals surface area contributed by atoms with E-state index in [-0.39, 0.29) is 6.54 Å². The molecule has 0 radical (unpaired) electrons. The zero-order valence-electron chi connectivity index (χ0n) is 15.4. The number of carbonyl (C=O) groups excluding carboxylic acids is 1. The zero-order valence-corrected chi connectivity index (χ0v) is 15.4. The molecule has 0 saturated heterocycles. The lowest BCUT2D eigenvalue weighted by atomic mass is 10.0. The maximum Gasteiger partial charge on any atom is 0.463 e. The lowest BCUT2D eigenvalue weighted by Crippen LogP contribution is -2.50. The Kier molecular flexibility index (Phi) is 9.52. The Balaban J connectivity index is 2.00. The highest BCUT2D eigenvalue weighted by molar-refractivity contribution is 5.84. The molecular formula is C19H26F5NO2. The maximum absolute atomic E-state index is 12.7. The van der Waals surface area contributed by atoms with Crippen molar-refractivity contribution in [3.05, 3.63) is 29.8 Å². The summed E-state index contributed by atoms with van der Waals surface area (Å²) < 4.78 is 66.4. The van der Waals surface area contributed by atoms with E-state index in [1.54, 1.807) is 12.4 Å². The molecule has 0 heterocycles. The van der Waals surface area contributed by atoms with Crippen molar-refractivity contribution >= 4 is 5.91 Å². The van der Waals surface area contributed by atoms with Crippen LogP contribution in [0.3, 0.4) is 0 Å². The molecule has 0 saturated carbocycles. The molecule has 3 nitrogen and oxygen atoms in total. The fourth-order valence-electron chi connectivity index (χ4n) is 2.57. The summed E-state index contributed by atoms with van der Waals surface area (Å²) in [6.07, 6.45) is 1.18. The van der Waals surface area contributed by atoms with Crippen LogP contribution in [0.1, 0.15) is 50.5 Å². The number of alkyl halides is 5. The summed E-state index contributed by atoms with van der Waals surface area (Å²) in [4.78, 5) is 10.9.